The van der Waals surface area contributed by atoms with Crippen molar-refractivity contribution in [3.05, 3.63) is 22.4 Å². The van der Waals surface area contributed by atoms with Crippen molar-refractivity contribution in [3.8, 4) is 0 Å². The summed E-state index contributed by atoms with van der Waals surface area (Å²) in [5, 5.41) is 2.08. The van der Waals surface area contributed by atoms with Crippen LogP contribution in [0.25, 0.3) is 0 Å². The van der Waals surface area contributed by atoms with Crippen molar-refractivity contribution in [2.24, 2.45) is 5.73 Å². The summed E-state index contributed by atoms with van der Waals surface area (Å²) < 4.78 is 0. The minimum absolute atomic E-state index is 0.295. The van der Waals surface area contributed by atoms with Crippen molar-refractivity contribution >= 4 is 11.3 Å². The molecule has 11 heavy (non-hydrogen) atoms. The van der Waals surface area contributed by atoms with Gasteiger partial charge in [-0.2, -0.15) is 0 Å². The van der Waals surface area contributed by atoms with E-state index in [0.29, 0.717) is 6.04 Å². The van der Waals surface area contributed by atoms with E-state index in [-0.39, 0.29) is 0 Å². The molecule has 0 spiro atoms. The lowest BCUT2D eigenvalue weighted by molar-refractivity contribution is 0.746. The summed E-state index contributed by atoms with van der Waals surface area (Å²) >= 11 is 1.77. The fourth-order valence-electron chi connectivity index (χ4n) is 0.746. The molecule has 0 aliphatic heterocycles. The standard InChI is InChI=1S/C7H11NS.C2H6/c1-6(8)5-7-3-2-4-9-7;1-2/h2-4,6H,5,8H2,1H3;1-2H3/t6-;/m1./s1. The van der Waals surface area contributed by atoms with E-state index >= 15 is 0 Å². The van der Waals surface area contributed by atoms with Crippen molar-refractivity contribution in [3.63, 3.8) is 0 Å². The second-order valence-corrected chi connectivity index (χ2v) is 3.29. The van der Waals surface area contributed by atoms with Crippen LogP contribution in [0.4, 0.5) is 0 Å². The third-order valence-corrected chi connectivity index (χ3v) is 2.00. The van der Waals surface area contributed by atoms with Gasteiger partial charge in [0.15, 0.2) is 0 Å². The largest absolute Gasteiger partial charge is 0.328 e. The molecule has 1 heterocycles. The fraction of sp³-hybridized carbons (Fsp3) is 0.556. The molecule has 2 N–H and O–H groups in total. The summed E-state index contributed by atoms with van der Waals surface area (Å²) in [6.45, 7) is 6.03. The van der Waals surface area contributed by atoms with Crippen molar-refractivity contribution < 1.29 is 0 Å². The molecule has 1 rings (SSSR count). The molecular formula is C9H17NS. The van der Waals surface area contributed by atoms with Gasteiger partial charge in [-0.1, -0.05) is 19.9 Å². The van der Waals surface area contributed by atoms with Crippen molar-refractivity contribution in [2.45, 2.75) is 33.2 Å². The number of nitrogens with two attached hydrogens (primary N) is 1. The predicted octanol–water partition coefficient (Wildman–Crippen LogP) is 2.66. The van der Waals surface area contributed by atoms with Gasteiger partial charge in [0, 0.05) is 10.9 Å². The molecular weight excluding hydrogens is 154 g/mol. The van der Waals surface area contributed by atoms with Gasteiger partial charge in [0.2, 0.25) is 0 Å². The van der Waals surface area contributed by atoms with Crippen LogP contribution in [-0.2, 0) is 6.42 Å². The second kappa shape index (κ2) is 6.38. The van der Waals surface area contributed by atoms with Crippen LogP contribution < -0.4 is 5.73 Å². The Balaban J connectivity index is 0.000000461. The number of hydrogen-bond donors (Lipinski definition) is 1. The van der Waals surface area contributed by atoms with E-state index in [1.807, 2.05) is 20.8 Å². The van der Waals surface area contributed by atoms with Gasteiger partial charge in [-0.25, -0.2) is 0 Å². The van der Waals surface area contributed by atoms with Crippen LogP contribution >= 0.6 is 11.3 Å². The molecule has 1 atom stereocenters. The lowest BCUT2D eigenvalue weighted by Gasteiger charge is -1.99. The van der Waals surface area contributed by atoms with E-state index in [4.69, 9.17) is 5.73 Å². The molecule has 0 bridgehead atoms. The van der Waals surface area contributed by atoms with E-state index in [9.17, 15) is 0 Å². The predicted molar refractivity (Wildman–Crippen MR) is 53.0 cm³/mol. The Bertz CT molecular complexity index is 156. The molecule has 0 saturated heterocycles. The highest BCUT2D eigenvalue weighted by Crippen LogP contribution is 2.09. The zero-order valence-corrected chi connectivity index (χ0v) is 8.32. The number of thiophene rings is 1. The topological polar surface area (TPSA) is 26.0 Å². The minimum atomic E-state index is 0.295. The van der Waals surface area contributed by atoms with Crippen LogP contribution in [0.3, 0.4) is 0 Å². The highest BCUT2D eigenvalue weighted by molar-refractivity contribution is 7.09. The third kappa shape index (κ3) is 4.99. The summed E-state index contributed by atoms with van der Waals surface area (Å²) in [6.07, 6.45) is 1.01. The maximum Gasteiger partial charge on any atom is 0.00605 e. The highest BCUT2D eigenvalue weighted by atomic mass is 32.1. The van der Waals surface area contributed by atoms with Gasteiger partial charge in [0.1, 0.15) is 0 Å². The monoisotopic (exact) mass is 171 g/mol. The van der Waals surface area contributed by atoms with Gasteiger partial charge in [0.05, 0.1) is 0 Å². The molecule has 0 radical (unpaired) electrons. The SMILES string of the molecule is CC.C[C@@H](N)Cc1cccs1. The Morgan fingerprint density at radius 2 is 2.18 bits per heavy atom. The first-order valence-corrected chi connectivity index (χ1v) is 4.95. The smallest absolute Gasteiger partial charge is 0.00605 e. The second-order valence-electron chi connectivity index (χ2n) is 2.26. The van der Waals surface area contributed by atoms with E-state index in [0.717, 1.165) is 6.42 Å². The Labute approximate surface area is 73.2 Å². The molecule has 0 unspecified atom stereocenters. The Morgan fingerprint density at radius 3 is 2.55 bits per heavy atom. The first kappa shape index (κ1) is 10.7. The van der Waals surface area contributed by atoms with E-state index < -0.39 is 0 Å². The molecule has 1 aromatic rings. The van der Waals surface area contributed by atoms with Crippen LogP contribution in [0.5, 0.6) is 0 Å². The summed E-state index contributed by atoms with van der Waals surface area (Å²) in [6, 6.07) is 4.47. The highest BCUT2D eigenvalue weighted by Gasteiger charge is 1.96. The Kier molecular flexibility index (Phi) is 6.18. The maximum atomic E-state index is 5.59. The van der Waals surface area contributed by atoms with Crippen LogP contribution in [0.2, 0.25) is 0 Å². The Hall–Kier alpha value is -0.340. The molecule has 0 aliphatic rings. The van der Waals surface area contributed by atoms with Crippen molar-refractivity contribution in [1.29, 1.82) is 0 Å². The molecule has 0 amide bonds. The van der Waals surface area contributed by atoms with Gasteiger partial charge in [-0.05, 0) is 24.8 Å². The van der Waals surface area contributed by atoms with Crippen molar-refractivity contribution in [1.82, 2.24) is 0 Å². The van der Waals surface area contributed by atoms with Gasteiger partial charge in [-0.15, -0.1) is 11.3 Å². The lowest BCUT2D eigenvalue weighted by atomic mass is 10.2. The van der Waals surface area contributed by atoms with E-state index in [1.54, 1.807) is 11.3 Å². The summed E-state index contributed by atoms with van der Waals surface area (Å²) in [5.74, 6) is 0. The molecule has 0 aromatic carbocycles. The van der Waals surface area contributed by atoms with Crippen LogP contribution in [0.15, 0.2) is 17.5 Å². The molecule has 0 saturated carbocycles. The molecule has 64 valence electrons. The zero-order chi connectivity index (χ0) is 8.69. The van der Waals surface area contributed by atoms with Crippen molar-refractivity contribution in [2.75, 3.05) is 0 Å². The van der Waals surface area contributed by atoms with Crippen LogP contribution in [0, 0.1) is 0 Å². The Morgan fingerprint density at radius 1 is 1.55 bits per heavy atom. The van der Waals surface area contributed by atoms with Gasteiger partial charge in [0.25, 0.3) is 0 Å². The molecule has 0 fully saturated rings. The van der Waals surface area contributed by atoms with E-state index in [1.165, 1.54) is 4.88 Å². The van der Waals surface area contributed by atoms with Crippen LogP contribution in [0.1, 0.15) is 25.6 Å². The number of rotatable bonds is 2. The average Bonchev–Trinajstić information content (AvgIpc) is 2.43. The molecule has 2 heteroatoms. The third-order valence-electron chi connectivity index (χ3n) is 1.10. The molecule has 1 aromatic heterocycles. The first-order valence-electron chi connectivity index (χ1n) is 4.07. The van der Waals surface area contributed by atoms with Gasteiger partial charge < -0.3 is 5.73 Å². The molecule has 0 aliphatic carbocycles. The summed E-state index contributed by atoms with van der Waals surface area (Å²) in [7, 11) is 0. The lowest BCUT2D eigenvalue weighted by Crippen LogP contribution is -2.16. The quantitative estimate of drug-likeness (QED) is 0.727. The van der Waals surface area contributed by atoms with Crippen LogP contribution in [-0.4, -0.2) is 6.04 Å². The number of hydrogen-bond acceptors (Lipinski definition) is 2. The zero-order valence-electron chi connectivity index (χ0n) is 7.50. The fourth-order valence-corrected chi connectivity index (χ4v) is 1.59. The molecule has 1 nitrogen and oxygen atoms in total. The summed E-state index contributed by atoms with van der Waals surface area (Å²) in [5.41, 5.74) is 5.59. The normalized spacial score (nSPS) is 11.6. The first-order chi connectivity index (χ1) is 5.29. The summed E-state index contributed by atoms with van der Waals surface area (Å²) in [4.78, 5) is 1.38. The van der Waals surface area contributed by atoms with E-state index in [2.05, 4.69) is 17.5 Å². The average molecular weight is 171 g/mol. The minimum Gasteiger partial charge on any atom is -0.328 e. The van der Waals surface area contributed by atoms with Gasteiger partial charge in [-0.3, -0.25) is 0 Å². The van der Waals surface area contributed by atoms with Gasteiger partial charge >= 0.3 is 0 Å². The maximum absolute atomic E-state index is 5.59.